The number of aliphatic carboxylic acids is 1. The molecule has 3 aromatic rings. The number of hydrogen-bond donors (Lipinski definition) is 0. The number of benzene rings is 3. The highest BCUT2D eigenvalue weighted by Gasteiger charge is 2.29. The Balaban J connectivity index is 0.000000370. The molecule has 3 aromatic carbocycles. The van der Waals surface area contributed by atoms with E-state index in [4.69, 9.17) is 9.90 Å². The van der Waals surface area contributed by atoms with Crippen LogP contribution in [0, 0.1) is 0 Å². The van der Waals surface area contributed by atoms with Crippen molar-refractivity contribution < 1.29 is 23.1 Å². The van der Waals surface area contributed by atoms with Gasteiger partial charge in [0.15, 0.2) is 14.7 Å². The van der Waals surface area contributed by atoms with Crippen molar-refractivity contribution in [3.8, 4) is 0 Å². The number of carbonyl (C=O) groups is 1. The number of carboxylic acids is 1. The molecular weight excluding hydrogens is 397 g/mol. The van der Waals surface area contributed by atoms with Gasteiger partial charge in [0.1, 0.15) is 5.97 Å². The molecule has 0 aliphatic carbocycles. The Labute approximate surface area is 171 Å². The lowest BCUT2D eigenvalue weighted by atomic mass is 10.1. The molecule has 0 saturated carbocycles. The molecule has 29 heavy (non-hydrogen) atoms. The van der Waals surface area contributed by atoms with Crippen LogP contribution >= 0.6 is 0 Å². The number of alkyl halides is 3. The van der Waals surface area contributed by atoms with E-state index in [1.165, 1.54) is 26.7 Å². The predicted molar refractivity (Wildman–Crippen MR) is 107 cm³/mol. The van der Waals surface area contributed by atoms with Crippen LogP contribution in [0.2, 0.25) is 0 Å². The van der Waals surface area contributed by atoms with Crippen molar-refractivity contribution in [3.63, 3.8) is 0 Å². The minimum atomic E-state index is -5.19. The molecule has 0 aliphatic heterocycles. The molecule has 0 amide bonds. The number of halogens is 3. The van der Waals surface area contributed by atoms with Crippen LogP contribution in [0.5, 0.6) is 0 Å². The lowest BCUT2D eigenvalue weighted by Crippen LogP contribution is -2.37. The van der Waals surface area contributed by atoms with Gasteiger partial charge in [0, 0.05) is 0 Å². The van der Waals surface area contributed by atoms with Gasteiger partial charge in [-0.15, -0.1) is 0 Å². The third-order valence-electron chi connectivity index (χ3n) is 3.89. The van der Waals surface area contributed by atoms with Crippen LogP contribution in [0.3, 0.4) is 0 Å². The minimum absolute atomic E-state index is 0.0268. The van der Waals surface area contributed by atoms with E-state index in [2.05, 4.69) is 91.9 Å². The SMILES string of the molecule is CCCc1ccc([S+](c2ccccc2)c2ccccc2)cc1.O=C([O-])C(F)(F)F. The van der Waals surface area contributed by atoms with Gasteiger partial charge in [-0.25, -0.2) is 0 Å². The molecule has 0 bridgehead atoms. The monoisotopic (exact) mass is 418 g/mol. The van der Waals surface area contributed by atoms with E-state index in [9.17, 15) is 13.2 Å². The number of carboxylic acid groups (broad SMARTS) is 1. The number of aryl methyl sites for hydroxylation is 1. The van der Waals surface area contributed by atoms with E-state index in [0.717, 1.165) is 6.42 Å². The highest BCUT2D eigenvalue weighted by atomic mass is 32.2. The van der Waals surface area contributed by atoms with Gasteiger partial charge in [0.2, 0.25) is 0 Å². The first-order chi connectivity index (χ1) is 13.8. The molecule has 0 heterocycles. The zero-order chi connectivity index (χ0) is 21.3. The van der Waals surface area contributed by atoms with Gasteiger partial charge in [0.05, 0.1) is 10.9 Å². The lowest BCUT2D eigenvalue weighted by Gasteiger charge is -2.08. The second-order valence-corrected chi connectivity index (χ2v) is 8.14. The molecule has 0 aliphatic rings. The fourth-order valence-corrected chi connectivity index (χ4v) is 4.69. The second-order valence-electron chi connectivity index (χ2n) is 6.11. The first kappa shape index (κ1) is 22.6. The van der Waals surface area contributed by atoms with E-state index >= 15 is 0 Å². The Hall–Kier alpha value is -2.73. The third-order valence-corrected chi connectivity index (χ3v) is 6.12. The van der Waals surface area contributed by atoms with Crippen molar-refractivity contribution in [2.75, 3.05) is 0 Å². The maximum atomic E-state index is 10.5. The third kappa shape index (κ3) is 6.98. The van der Waals surface area contributed by atoms with E-state index < -0.39 is 12.1 Å². The van der Waals surface area contributed by atoms with Crippen LogP contribution in [0.4, 0.5) is 13.2 Å². The summed E-state index contributed by atoms with van der Waals surface area (Å²) >= 11 is 0. The smallest absolute Gasteiger partial charge is 0.430 e. The van der Waals surface area contributed by atoms with Crippen molar-refractivity contribution in [3.05, 3.63) is 90.5 Å². The molecule has 0 aromatic heterocycles. The summed E-state index contributed by atoms with van der Waals surface area (Å²) in [6.45, 7) is 2.23. The van der Waals surface area contributed by atoms with Crippen molar-refractivity contribution in [1.29, 1.82) is 0 Å². The molecular formula is C23H21F3O2S. The van der Waals surface area contributed by atoms with Crippen molar-refractivity contribution in [1.82, 2.24) is 0 Å². The van der Waals surface area contributed by atoms with Gasteiger partial charge in [-0.2, -0.15) is 13.2 Å². The van der Waals surface area contributed by atoms with E-state index in [0.29, 0.717) is 0 Å². The maximum Gasteiger partial charge on any atom is 0.430 e. The first-order valence-electron chi connectivity index (χ1n) is 9.04. The highest BCUT2D eigenvalue weighted by Crippen LogP contribution is 2.31. The molecule has 3 rings (SSSR count). The summed E-state index contributed by atoms with van der Waals surface area (Å²) in [5.41, 5.74) is 1.43. The van der Waals surface area contributed by atoms with Crippen LogP contribution in [-0.2, 0) is 22.1 Å². The van der Waals surface area contributed by atoms with Gasteiger partial charge in [-0.05, 0) is 48.4 Å². The standard InChI is InChI=1S/C21H21S.C2HF3O2/c1-2-9-18-14-16-21(17-15-18)22(19-10-5-3-6-11-19)20-12-7-4-8-13-20;3-2(4,5)1(6)7/h3-8,10-17H,2,9H2,1H3;(H,6,7)/q+1;/p-1. The molecule has 0 saturated heterocycles. The van der Waals surface area contributed by atoms with Crippen LogP contribution in [0.15, 0.2) is 99.6 Å². The first-order valence-corrected chi connectivity index (χ1v) is 10.3. The molecule has 0 N–H and O–H groups in total. The minimum Gasteiger partial charge on any atom is -0.542 e. The molecule has 0 spiro atoms. The molecule has 0 atom stereocenters. The quantitative estimate of drug-likeness (QED) is 0.545. The van der Waals surface area contributed by atoms with Gasteiger partial charge in [-0.1, -0.05) is 61.9 Å². The van der Waals surface area contributed by atoms with Crippen LogP contribution in [0.1, 0.15) is 18.9 Å². The van der Waals surface area contributed by atoms with Crippen LogP contribution < -0.4 is 5.11 Å². The Morgan fingerprint density at radius 3 is 1.52 bits per heavy atom. The largest absolute Gasteiger partial charge is 0.542 e. The zero-order valence-electron chi connectivity index (χ0n) is 15.9. The zero-order valence-corrected chi connectivity index (χ0v) is 16.7. The lowest BCUT2D eigenvalue weighted by molar-refractivity contribution is -0.344. The summed E-state index contributed by atoms with van der Waals surface area (Å²) in [5, 5.41) is 8.78. The summed E-state index contributed by atoms with van der Waals surface area (Å²) < 4.78 is 31.5. The van der Waals surface area contributed by atoms with Crippen LogP contribution in [-0.4, -0.2) is 12.1 Å². The average Bonchev–Trinajstić information content (AvgIpc) is 2.71. The number of hydrogen-bond acceptors (Lipinski definition) is 2. The summed E-state index contributed by atoms with van der Waals surface area (Å²) in [6, 6.07) is 30.8. The summed E-state index contributed by atoms with van der Waals surface area (Å²) in [4.78, 5) is 12.9. The van der Waals surface area contributed by atoms with Gasteiger partial charge >= 0.3 is 6.18 Å². The second kappa shape index (κ2) is 10.7. The van der Waals surface area contributed by atoms with Gasteiger partial charge in [0.25, 0.3) is 0 Å². The molecule has 2 nitrogen and oxygen atoms in total. The Morgan fingerprint density at radius 2 is 1.17 bits per heavy atom. The van der Waals surface area contributed by atoms with E-state index in [1.54, 1.807) is 0 Å². The van der Waals surface area contributed by atoms with Gasteiger partial charge < -0.3 is 9.90 Å². The fourth-order valence-electron chi connectivity index (χ4n) is 2.60. The Kier molecular flexibility index (Phi) is 8.34. The fraction of sp³-hybridized carbons (Fsp3) is 0.174. The summed E-state index contributed by atoms with van der Waals surface area (Å²) in [6.07, 6.45) is -2.84. The summed E-state index contributed by atoms with van der Waals surface area (Å²) in [7, 11) is -0.0268. The molecule has 0 fully saturated rings. The summed E-state index contributed by atoms with van der Waals surface area (Å²) in [5.74, 6) is -3.01. The van der Waals surface area contributed by atoms with Crippen LogP contribution in [0.25, 0.3) is 0 Å². The molecule has 152 valence electrons. The maximum absolute atomic E-state index is 10.5. The van der Waals surface area contributed by atoms with Crippen molar-refractivity contribution >= 4 is 16.9 Å². The highest BCUT2D eigenvalue weighted by molar-refractivity contribution is 7.97. The molecule has 0 unspecified atom stereocenters. The number of rotatable bonds is 5. The Morgan fingerprint density at radius 1 is 0.793 bits per heavy atom. The van der Waals surface area contributed by atoms with E-state index in [1.807, 2.05) is 0 Å². The normalized spacial score (nSPS) is 10.9. The predicted octanol–water partition coefficient (Wildman–Crippen LogP) is 5.03. The number of carbonyl (C=O) groups excluding carboxylic acids is 1. The molecule has 0 radical (unpaired) electrons. The Bertz CT molecular complexity index is 840. The van der Waals surface area contributed by atoms with Gasteiger partial charge in [-0.3, -0.25) is 0 Å². The average molecular weight is 418 g/mol. The van der Waals surface area contributed by atoms with E-state index in [-0.39, 0.29) is 10.9 Å². The van der Waals surface area contributed by atoms with Crippen molar-refractivity contribution in [2.24, 2.45) is 0 Å². The van der Waals surface area contributed by atoms with Crippen molar-refractivity contribution in [2.45, 2.75) is 40.6 Å². The molecule has 6 heteroatoms. The topological polar surface area (TPSA) is 40.1 Å².